The van der Waals surface area contributed by atoms with E-state index in [1.165, 1.54) is 30.3 Å². The summed E-state index contributed by atoms with van der Waals surface area (Å²) in [6.45, 7) is 13.8. The van der Waals surface area contributed by atoms with Gasteiger partial charge in [-0.05, 0) is 28.5 Å². The molecule has 0 aliphatic rings. The van der Waals surface area contributed by atoms with E-state index in [1.54, 1.807) is 6.07 Å². The van der Waals surface area contributed by atoms with Gasteiger partial charge in [0.2, 0.25) is 0 Å². The van der Waals surface area contributed by atoms with Crippen LogP contribution in [0.1, 0.15) is 5.56 Å². The number of nitriles is 2. The highest BCUT2D eigenvalue weighted by molar-refractivity contribution is 5.83. The maximum Gasteiger partial charge on any atom is 0.268 e. The summed E-state index contributed by atoms with van der Waals surface area (Å²) < 4.78 is 71.2. The molecule has 33 heavy (non-hydrogen) atoms. The van der Waals surface area contributed by atoms with Crippen LogP contribution >= 0.6 is 0 Å². The second-order valence-corrected chi connectivity index (χ2v) is 6.42. The average Bonchev–Trinajstić information content (AvgIpc) is 2.82. The highest BCUT2D eigenvalue weighted by Crippen LogP contribution is 2.33. The van der Waals surface area contributed by atoms with Crippen molar-refractivity contribution in [3.05, 3.63) is 110 Å². The molecule has 3 rings (SSSR count). The number of halogens is 5. The molecule has 0 heterocycles. The number of benzene rings is 3. The van der Waals surface area contributed by atoms with Gasteiger partial charge < -0.3 is 0 Å². The van der Waals surface area contributed by atoms with E-state index in [1.807, 2.05) is 0 Å². The molecule has 0 saturated heterocycles. The van der Waals surface area contributed by atoms with E-state index in [4.69, 9.17) is 18.4 Å². The lowest BCUT2D eigenvalue weighted by Crippen LogP contribution is -2.18. The fourth-order valence-electron chi connectivity index (χ4n) is 3.12. The first-order valence-electron chi connectivity index (χ1n) is 8.85. The summed E-state index contributed by atoms with van der Waals surface area (Å²) >= 11 is 0. The standard InChI is InChI=1S/C24H7F5N4/c1-32-18(11-31)13-5-8-15(16(9-13)12-3-6-14(25)7-4-12)17(10-30)19-20(26)22(28)24(33-2)23(29)21(19)27/h3-9H/b17-15+,18-13+. The Morgan fingerprint density at radius 2 is 1.39 bits per heavy atom. The highest BCUT2D eigenvalue weighted by Gasteiger charge is 2.28. The summed E-state index contributed by atoms with van der Waals surface area (Å²) in [5.41, 5.74) is -3.71. The normalized spacial score (nSPS) is 12.0. The van der Waals surface area contributed by atoms with Gasteiger partial charge in [-0.3, -0.25) is 0 Å². The molecule has 0 aromatic heterocycles. The van der Waals surface area contributed by atoms with Crippen LogP contribution in [-0.2, 0) is 0 Å². The number of hydrogen-bond donors (Lipinski definition) is 0. The molecule has 3 aromatic carbocycles. The molecule has 0 aliphatic heterocycles. The lowest BCUT2D eigenvalue weighted by Gasteiger charge is -2.11. The molecule has 0 amide bonds. The number of hydrogen-bond acceptors (Lipinski definition) is 2. The maximum absolute atomic E-state index is 14.7. The van der Waals surface area contributed by atoms with Gasteiger partial charge in [0.1, 0.15) is 11.9 Å². The van der Waals surface area contributed by atoms with Gasteiger partial charge in [0.25, 0.3) is 11.4 Å². The summed E-state index contributed by atoms with van der Waals surface area (Å²) in [4.78, 5) is 5.52. The Hall–Kier alpha value is -4.99. The zero-order chi connectivity index (χ0) is 24.3. The first-order chi connectivity index (χ1) is 15.8. The van der Waals surface area contributed by atoms with E-state index in [-0.39, 0.29) is 27.3 Å². The van der Waals surface area contributed by atoms with Crippen LogP contribution in [0.3, 0.4) is 0 Å². The largest absolute Gasteiger partial charge is 0.268 e. The van der Waals surface area contributed by atoms with Crippen LogP contribution in [0.2, 0.25) is 0 Å². The van der Waals surface area contributed by atoms with Gasteiger partial charge in [0.05, 0.1) is 30.4 Å². The molecule has 0 aliphatic carbocycles. The summed E-state index contributed by atoms with van der Waals surface area (Å²) in [5.74, 6) is -8.39. The molecular formula is C24H7F5N4. The topological polar surface area (TPSA) is 56.3 Å². The van der Waals surface area contributed by atoms with Gasteiger partial charge in [-0.25, -0.2) is 36.9 Å². The highest BCUT2D eigenvalue weighted by atomic mass is 19.2. The van der Waals surface area contributed by atoms with Crippen LogP contribution < -0.4 is 10.4 Å². The monoisotopic (exact) mass is 446 g/mol. The molecule has 9 heteroatoms. The molecule has 0 atom stereocenters. The van der Waals surface area contributed by atoms with E-state index in [0.29, 0.717) is 0 Å². The van der Waals surface area contributed by atoms with Crippen molar-refractivity contribution in [3.8, 4) is 23.3 Å². The zero-order valence-corrected chi connectivity index (χ0v) is 16.2. The minimum absolute atomic E-state index is 0.0364. The summed E-state index contributed by atoms with van der Waals surface area (Å²) in [5, 5.41) is 18.7. The van der Waals surface area contributed by atoms with E-state index in [9.17, 15) is 27.2 Å². The number of rotatable bonds is 2. The molecule has 3 aromatic rings. The quantitative estimate of drug-likeness (QED) is 0.320. The SMILES string of the molecule is [C-]#[N+]/C(C#N)=c1\cc/c(=C(/C#N)c2c(F)c(F)c([N+]#[C-])c(F)c2F)c(-c2ccc(F)cc2)c1. The van der Waals surface area contributed by atoms with Crippen LogP contribution in [0.4, 0.5) is 27.6 Å². The van der Waals surface area contributed by atoms with Crippen LogP contribution in [0.15, 0.2) is 42.5 Å². The molecule has 0 saturated carbocycles. The van der Waals surface area contributed by atoms with Crippen LogP contribution in [0, 0.1) is 64.9 Å². The predicted octanol–water partition coefficient (Wildman–Crippen LogP) is 4.87. The molecule has 4 nitrogen and oxygen atoms in total. The minimum Gasteiger partial charge on any atom is -0.232 e. The first-order valence-corrected chi connectivity index (χ1v) is 8.85. The van der Waals surface area contributed by atoms with Crippen molar-refractivity contribution in [2.75, 3.05) is 0 Å². The van der Waals surface area contributed by atoms with Gasteiger partial charge >= 0.3 is 0 Å². The van der Waals surface area contributed by atoms with E-state index < -0.39 is 45.9 Å². The molecule has 0 unspecified atom stereocenters. The van der Waals surface area contributed by atoms with Crippen molar-refractivity contribution >= 4 is 17.0 Å². The Morgan fingerprint density at radius 1 is 0.788 bits per heavy atom. The van der Waals surface area contributed by atoms with Gasteiger partial charge in [0, 0.05) is 5.22 Å². The third kappa shape index (κ3) is 3.88. The van der Waals surface area contributed by atoms with Crippen molar-refractivity contribution in [1.29, 1.82) is 10.5 Å². The molecule has 0 bridgehead atoms. The molecule has 158 valence electrons. The van der Waals surface area contributed by atoms with Crippen molar-refractivity contribution < 1.29 is 22.0 Å². The van der Waals surface area contributed by atoms with E-state index >= 15 is 0 Å². The third-order valence-electron chi connectivity index (χ3n) is 4.65. The predicted molar refractivity (Wildman–Crippen MR) is 107 cm³/mol. The minimum atomic E-state index is -1.96. The Morgan fingerprint density at radius 3 is 1.88 bits per heavy atom. The first kappa shape index (κ1) is 22.7. The number of nitrogens with zero attached hydrogens (tertiary/aromatic N) is 4. The molecule has 0 N–H and O–H groups in total. The fraction of sp³-hybridized carbons (Fsp3) is 0. The Kier molecular flexibility index (Phi) is 6.20. The van der Waals surface area contributed by atoms with Gasteiger partial charge in [-0.2, -0.15) is 5.26 Å². The third-order valence-corrected chi connectivity index (χ3v) is 4.65. The van der Waals surface area contributed by atoms with Crippen LogP contribution in [0.25, 0.3) is 32.1 Å². The summed E-state index contributed by atoms with van der Waals surface area (Å²) in [6, 6.07) is 11.5. The Bertz CT molecular complexity index is 1550. The Labute approximate surface area is 183 Å². The van der Waals surface area contributed by atoms with Crippen LogP contribution in [-0.4, -0.2) is 0 Å². The maximum atomic E-state index is 14.7. The second kappa shape index (κ2) is 9.02. The smallest absolute Gasteiger partial charge is 0.232 e. The molecular weight excluding hydrogens is 439 g/mol. The lowest BCUT2D eigenvalue weighted by molar-refractivity contribution is 0.457. The van der Waals surface area contributed by atoms with Crippen molar-refractivity contribution in [3.63, 3.8) is 0 Å². The van der Waals surface area contributed by atoms with Crippen molar-refractivity contribution in [2.45, 2.75) is 0 Å². The fourth-order valence-corrected chi connectivity index (χ4v) is 3.12. The summed E-state index contributed by atoms with van der Waals surface area (Å²) in [7, 11) is 0. The van der Waals surface area contributed by atoms with Gasteiger partial charge in [0.15, 0.2) is 23.3 Å². The average molecular weight is 446 g/mol. The van der Waals surface area contributed by atoms with Crippen molar-refractivity contribution in [2.24, 2.45) is 0 Å². The van der Waals surface area contributed by atoms with E-state index in [2.05, 4.69) is 9.69 Å². The van der Waals surface area contributed by atoms with Gasteiger partial charge in [-0.15, -0.1) is 0 Å². The van der Waals surface area contributed by atoms with Crippen molar-refractivity contribution in [1.82, 2.24) is 0 Å². The van der Waals surface area contributed by atoms with Crippen LogP contribution in [0.5, 0.6) is 0 Å². The lowest BCUT2D eigenvalue weighted by atomic mass is 9.95. The zero-order valence-electron chi connectivity index (χ0n) is 16.2. The van der Waals surface area contributed by atoms with Gasteiger partial charge in [-0.1, -0.05) is 30.3 Å². The molecule has 0 spiro atoms. The second-order valence-electron chi connectivity index (χ2n) is 6.42. The molecule has 0 radical (unpaired) electrons. The Balaban J connectivity index is 2.59. The molecule has 0 fully saturated rings. The van der Waals surface area contributed by atoms with E-state index in [0.717, 1.165) is 18.2 Å². The summed E-state index contributed by atoms with van der Waals surface area (Å²) in [6.07, 6.45) is 0.